The fourth-order valence-corrected chi connectivity index (χ4v) is 5.72. The summed E-state index contributed by atoms with van der Waals surface area (Å²) in [4.78, 5) is 4.58. The fraction of sp³-hybridized carbons (Fsp3) is 0.130. The van der Waals surface area contributed by atoms with Crippen LogP contribution in [0, 0.1) is 6.92 Å². The number of rotatable bonds is 3. The molecule has 0 fully saturated rings. The van der Waals surface area contributed by atoms with Gasteiger partial charge in [0.25, 0.3) is 10.0 Å². The van der Waals surface area contributed by atoms with Crippen molar-refractivity contribution in [3.05, 3.63) is 81.4 Å². The Hall–Kier alpha value is -2.88. The van der Waals surface area contributed by atoms with Crippen LogP contribution in [0.5, 0.6) is 5.88 Å². The minimum absolute atomic E-state index is 0.0622. The molecule has 168 valence electrons. The van der Waals surface area contributed by atoms with Gasteiger partial charge in [0.05, 0.1) is 15.6 Å². The van der Waals surface area contributed by atoms with Gasteiger partial charge in [0.2, 0.25) is 5.88 Å². The third kappa shape index (κ3) is 3.70. The molecule has 0 amide bonds. The van der Waals surface area contributed by atoms with Crippen LogP contribution in [0.3, 0.4) is 0 Å². The van der Waals surface area contributed by atoms with E-state index >= 15 is 0 Å². The third-order valence-corrected chi connectivity index (χ3v) is 8.59. The van der Waals surface area contributed by atoms with E-state index in [0.29, 0.717) is 27.5 Å². The number of benzene rings is 2. The molecule has 0 saturated heterocycles. The number of sulfonamides is 1. The van der Waals surface area contributed by atoms with E-state index in [-0.39, 0.29) is 29.6 Å². The molecule has 1 N–H and O–H groups in total. The van der Waals surface area contributed by atoms with Gasteiger partial charge in [-0.3, -0.25) is 0 Å². The monoisotopic (exact) mass is 544 g/mol. The second-order valence-corrected chi connectivity index (χ2v) is 10.8. The van der Waals surface area contributed by atoms with Gasteiger partial charge in [0, 0.05) is 28.3 Å². The number of aryl methyl sites for hydroxylation is 1. The van der Waals surface area contributed by atoms with Gasteiger partial charge in [0.15, 0.2) is 5.82 Å². The highest BCUT2D eigenvalue weighted by Gasteiger charge is 2.34. The highest BCUT2D eigenvalue weighted by atomic mass is 79.9. The van der Waals surface area contributed by atoms with Gasteiger partial charge in [0.1, 0.15) is 5.69 Å². The van der Waals surface area contributed by atoms with E-state index in [9.17, 15) is 13.5 Å². The quantitative estimate of drug-likeness (QED) is 0.386. The Bertz CT molecular complexity index is 1490. The Balaban J connectivity index is 1.65. The molecular weight excluding hydrogens is 528 g/mol. The van der Waals surface area contributed by atoms with Gasteiger partial charge in [-0.05, 0) is 71.7 Å². The van der Waals surface area contributed by atoms with E-state index in [1.807, 2.05) is 6.92 Å². The molecule has 7 nitrogen and oxygen atoms in total. The summed E-state index contributed by atoms with van der Waals surface area (Å²) in [5.74, 6) is 0.211. The molecule has 0 bridgehead atoms. The molecule has 2 aromatic carbocycles. The molecule has 0 radical (unpaired) electrons. The van der Waals surface area contributed by atoms with Gasteiger partial charge >= 0.3 is 0 Å². The lowest BCUT2D eigenvalue weighted by molar-refractivity contribution is 0.428. The Labute approximate surface area is 204 Å². The summed E-state index contributed by atoms with van der Waals surface area (Å²) in [7, 11) is -3.86. The first-order chi connectivity index (χ1) is 15.8. The van der Waals surface area contributed by atoms with Crippen LogP contribution in [0.1, 0.15) is 11.1 Å². The van der Waals surface area contributed by atoms with Gasteiger partial charge in [-0.25, -0.2) is 22.4 Å². The summed E-state index contributed by atoms with van der Waals surface area (Å²) in [6.45, 7) is 2.01. The van der Waals surface area contributed by atoms with Crippen molar-refractivity contribution in [3.8, 4) is 22.8 Å². The third-order valence-electron chi connectivity index (χ3n) is 5.56. The second kappa shape index (κ2) is 8.16. The maximum absolute atomic E-state index is 13.5. The van der Waals surface area contributed by atoms with Crippen molar-refractivity contribution in [2.45, 2.75) is 18.2 Å². The summed E-state index contributed by atoms with van der Waals surface area (Å²) in [5.41, 5.74) is 3.11. The molecule has 0 aliphatic carbocycles. The van der Waals surface area contributed by atoms with Gasteiger partial charge in [-0.2, -0.15) is 5.10 Å². The number of hydrogen-bond donors (Lipinski definition) is 1. The van der Waals surface area contributed by atoms with Gasteiger partial charge in [-0.1, -0.05) is 29.3 Å². The van der Waals surface area contributed by atoms with Crippen LogP contribution in [0.25, 0.3) is 16.9 Å². The summed E-state index contributed by atoms with van der Waals surface area (Å²) in [6.07, 6.45) is 1.81. The van der Waals surface area contributed by atoms with Gasteiger partial charge in [-0.15, -0.1) is 0 Å². The Morgan fingerprint density at radius 3 is 2.61 bits per heavy atom. The van der Waals surface area contributed by atoms with Crippen LogP contribution in [-0.4, -0.2) is 34.8 Å². The van der Waals surface area contributed by atoms with Crippen molar-refractivity contribution in [2.24, 2.45) is 0 Å². The number of pyridine rings is 1. The van der Waals surface area contributed by atoms with E-state index in [0.717, 1.165) is 10.0 Å². The van der Waals surface area contributed by atoms with Crippen molar-refractivity contribution >= 4 is 43.4 Å². The summed E-state index contributed by atoms with van der Waals surface area (Å²) < 4.78 is 30.4. The molecule has 10 heteroatoms. The zero-order valence-electron chi connectivity index (χ0n) is 17.4. The average Bonchev–Trinajstić information content (AvgIpc) is 3.02. The predicted molar refractivity (Wildman–Crippen MR) is 131 cm³/mol. The van der Waals surface area contributed by atoms with Crippen molar-refractivity contribution in [1.29, 1.82) is 0 Å². The van der Waals surface area contributed by atoms with Crippen molar-refractivity contribution < 1.29 is 13.5 Å². The molecule has 0 atom stereocenters. The Kier molecular flexibility index (Phi) is 5.43. The molecule has 5 rings (SSSR count). The highest BCUT2D eigenvalue weighted by molar-refractivity contribution is 9.10. The van der Waals surface area contributed by atoms with Crippen molar-refractivity contribution in [3.63, 3.8) is 0 Å². The normalized spacial score (nSPS) is 13.4. The van der Waals surface area contributed by atoms with Crippen LogP contribution in [0.4, 0.5) is 5.82 Å². The zero-order chi connectivity index (χ0) is 23.3. The lowest BCUT2D eigenvalue weighted by Gasteiger charge is -2.23. The Morgan fingerprint density at radius 1 is 1.12 bits per heavy atom. The maximum atomic E-state index is 13.5. The number of halogens is 2. The fourth-order valence-electron chi connectivity index (χ4n) is 3.86. The minimum atomic E-state index is -3.86. The van der Waals surface area contributed by atoms with E-state index < -0.39 is 10.0 Å². The topological polar surface area (TPSA) is 88.3 Å². The molecule has 2 aromatic heterocycles. The molecule has 0 spiro atoms. The van der Waals surface area contributed by atoms with Gasteiger partial charge < -0.3 is 5.11 Å². The molecule has 1 aliphatic rings. The molecule has 4 aromatic rings. The molecule has 0 unspecified atom stereocenters. The first kappa shape index (κ1) is 21.9. The van der Waals surface area contributed by atoms with E-state index in [4.69, 9.17) is 11.6 Å². The minimum Gasteiger partial charge on any atom is -0.493 e. The standard InChI is InChI=1S/C23H18BrClN4O3S/c1-14-4-7-16(8-5-14)33(31,32)28-12-10-18-21(17-3-2-11-26-22(17)28)27-29(23(18)30)15-6-9-19(24)20(25)13-15/h2-9,11,13,30H,10,12H2,1H3. The summed E-state index contributed by atoms with van der Waals surface area (Å²) in [6, 6.07) is 15.4. The van der Waals surface area contributed by atoms with Crippen LogP contribution < -0.4 is 4.31 Å². The van der Waals surface area contributed by atoms with E-state index in [2.05, 4.69) is 26.0 Å². The molecule has 1 aliphatic heterocycles. The zero-order valence-corrected chi connectivity index (χ0v) is 20.6. The largest absolute Gasteiger partial charge is 0.493 e. The molecule has 33 heavy (non-hydrogen) atoms. The number of hydrogen-bond acceptors (Lipinski definition) is 5. The molecule has 3 heterocycles. The van der Waals surface area contributed by atoms with E-state index in [1.54, 1.807) is 60.8 Å². The first-order valence-corrected chi connectivity index (χ1v) is 12.7. The maximum Gasteiger partial charge on any atom is 0.265 e. The molecular formula is C23H18BrClN4O3S. The number of fused-ring (bicyclic) bond motifs is 3. The molecule has 0 saturated carbocycles. The van der Waals surface area contributed by atoms with Crippen LogP contribution >= 0.6 is 27.5 Å². The second-order valence-electron chi connectivity index (χ2n) is 7.68. The Morgan fingerprint density at radius 2 is 1.88 bits per heavy atom. The number of aromatic hydroxyl groups is 1. The smallest absolute Gasteiger partial charge is 0.265 e. The number of aromatic nitrogens is 3. The van der Waals surface area contributed by atoms with Crippen molar-refractivity contribution in [2.75, 3.05) is 10.8 Å². The lowest BCUT2D eigenvalue weighted by Crippen LogP contribution is -2.33. The van der Waals surface area contributed by atoms with Crippen LogP contribution in [-0.2, 0) is 16.4 Å². The van der Waals surface area contributed by atoms with Crippen LogP contribution in [0.2, 0.25) is 5.02 Å². The summed E-state index contributed by atoms with van der Waals surface area (Å²) in [5, 5.41) is 16.1. The number of anilines is 1. The number of nitrogens with zero attached hydrogens (tertiary/aromatic N) is 4. The van der Waals surface area contributed by atoms with Crippen molar-refractivity contribution in [1.82, 2.24) is 14.8 Å². The van der Waals surface area contributed by atoms with E-state index in [1.165, 1.54) is 8.99 Å². The summed E-state index contributed by atoms with van der Waals surface area (Å²) >= 11 is 9.60. The SMILES string of the molecule is Cc1ccc(S(=O)(=O)N2CCc3c(nn(-c4ccc(Br)c(Cl)c4)c3O)-c3cccnc32)cc1. The highest BCUT2D eigenvalue weighted by Crippen LogP contribution is 2.41. The predicted octanol–water partition coefficient (Wildman–Crippen LogP) is 5.12. The average molecular weight is 546 g/mol. The first-order valence-electron chi connectivity index (χ1n) is 10.1. The van der Waals surface area contributed by atoms with Crippen LogP contribution in [0.15, 0.2) is 70.2 Å². The lowest BCUT2D eigenvalue weighted by atomic mass is 10.1.